The predicted molar refractivity (Wildman–Crippen MR) is 62.4 cm³/mol. The fourth-order valence-corrected chi connectivity index (χ4v) is 2.29. The van der Waals surface area contributed by atoms with Gasteiger partial charge in [-0.15, -0.1) is 0 Å². The molecule has 2 unspecified atom stereocenters. The van der Waals surface area contributed by atoms with Crippen LogP contribution < -0.4 is 5.73 Å². The van der Waals surface area contributed by atoms with Crippen LogP contribution in [0.5, 0.6) is 0 Å². The average molecular weight is 212 g/mol. The number of carbonyl (C=O) groups excluding carboxylic acids is 1. The molecule has 1 saturated heterocycles. The van der Waals surface area contributed by atoms with E-state index in [9.17, 15) is 4.79 Å². The Balaban J connectivity index is 2.51. The molecule has 0 aromatic rings. The van der Waals surface area contributed by atoms with Gasteiger partial charge < -0.3 is 10.6 Å². The molecule has 88 valence electrons. The molecule has 1 heterocycles. The fourth-order valence-electron chi connectivity index (χ4n) is 2.29. The van der Waals surface area contributed by atoms with Crippen LogP contribution in [0.1, 0.15) is 40.0 Å². The van der Waals surface area contributed by atoms with Crippen LogP contribution in [0.3, 0.4) is 0 Å². The highest BCUT2D eigenvalue weighted by atomic mass is 16.2. The van der Waals surface area contributed by atoms with E-state index in [1.165, 1.54) is 6.42 Å². The van der Waals surface area contributed by atoms with E-state index in [0.29, 0.717) is 36.8 Å². The maximum Gasteiger partial charge on any atom is 0.223 e. The molecule has 0 radical (unpaired) electrons. The molecule has 0 saturated carbocycles. The van der Waals surface area contributed by atoms with Gasteiger partial charge >= 0.3 is 0 Å². The summed E-state index contributed by atoms with van der Waals surface area (Å²) in [7, 11) is 0. The maximum absolute atomic E-state index is 12.0. The average Bonchev–Trinajstić information content (AvgIpc) is 2.65. The van der Waals surface area contributed by atoms with Gasteiger partial charge in [0.2, 0.25) is 5.91 Å². The van der Waals surface area contributed by atoms with Crippen molar-refractivity contribution in [1.29, 1.82) is 0 Å². The van der Waals surface area contributed by atoms with Crippen molar-refractivity contribution in [3.8, 4) is 0 Å². The molecule has 3 nitrogen and oxygen atoms in total. The third-order valence-corrected chi connectivity index (χ3v) is 3.31. The first-order valence-corrected chi connectivity index (χ1v) is 6.05. The van der Waals surface area contributed by atoms with Crippen molar-refractivity contribution in [3.63, 3.8) is 0 Å². The SMILES string of the molecule is CC(CN)CC(=O)N1CCCC1C(C)C. The maximum atomic E-state index is 12.0. The van der Waals surface area contributed by atoms with Gasteiger partial charge in [-0.2, -0.15) is 0 Å². The Hall–Kier alpha value is -0.570. The van der Waals surface area contributed by atoms with Crippen LogP contribution in [0.2, 0.25) is 0 Å². The molecule has 0 aromatic heterocycles. The highest BCUT2D eigenvalue weighted by molar-refractivity contribution is 5.77. The fraction of sp³-hybridized carbons (Fsp3) is 0.917. The summed E-state index contributed by atoms with van der Waals surface area (Å²) in [5, 5.41) is 0. The first-order valence-electron chi connectivity index (χ1n) is 6.05. The minimum Gasteiger partial charge on any atom is -0.339 e. The first kappa shape index (κ1) is 12.5. The number of hydrogen-bond donors (Lipinski definition) is 1. The topological polar surface area (TPSA) is 46.3 Å². The Labute approximate surface area is 93.0 Å². The Kier molecular flexibility index (Phi) is 4.58. The molecule has 0 aliphatic carbocycles. The zero-order valence-corrected chi connectivity index (χ0v) is 10.2. The van der Waals surface area contributed by atoms with Gasteiger partial charge in [0.15, 0.2) is 0 Å². The second-order valence-corrected chi connectivity index (χ2v) is 5.09. The van der Waals surface area contributed by atoms with Gasteiger partial charge in [-0.1, -0.05) is 20.8 Å². The zero-order chi connectivity index (χ0) is 11.4. The second kappa shape index (κ2) is 5.50. The van der Waals surface area contributed by atoms with E-state index in [0.717, 1.165) is 13.0 Å². The largest absolute Gasteiger partial charge is 0.339 e. The van der Waals surface area contributed by atoms with Gasteiger partial charge in [0.1, 0.15) is 0 Å². The third kappa shape index (κ3) is 3.20. The Morgan fingerprint density at radius 1 is 1.47 bits per heavy atom. The molecule has 1 fully saturated rings. The molecule has 0 aromatic carbocycles. The second-order valence-electron chi connectivity index (χ2n) is 5.09. The van der Waals surface area contributed by atoms with Gasteiger partial charge in [0.25, 0.3) is 0 Å². The number of rotatable bonds is 4. The Bertz CT molecular complexity index is 216. The Morgan fingerprint density at radius 2 is 2.13 bits per heavy atom. The summed E-state index contributed by atoms with van der Waals surface area (Å²) >= 11 is 0. The van der Waals surface area contributed by atoms with E-state index < -0.39 is 0 Å². The van der Waals surface area contributed by atoms with Crippen molar-refractivity contribution < 1.29 is 4.79 Å². The van der Waals surface area contributed by atoms with Gasteiger partial charge in [-0.25, -0.2) is 0 Å². The number of amides is 1. The summed E-state index contributed by atoms with van der Waals surface area (Å²) in [6, 6.07) is 0.461. The lowest BCUT2D eigenvalue weighted by molar-refractivity contribution is -0.133. The predicted octanol–water partition coefficient (Wildman–Crippen LogP) is 1.62. The van der Waals surface area contributed by atoms with Gasteiger partial charge in [-0.3, -0.25) is 4.79 Å². The summed E-state index contributed by atoms with van der Waals surface area (Å²) in [5.74, 6) is 1.18. The monoisotopic (exact) mass is 212 g/mol. The van der Waals surface area contributed by atoms with Crippen molar-refractivity contribution in [1.82, 2.24) is 4.90 Å². The molecule has 2 N–H and O–H groups in total. The molecule has 2 atom stereocenters. The molecule has 1 amide bonds. The van der Waals surface area contributed by atoms with Crippen LogP contribution in [0.4, 0.5) is 0 Å². The van der Waals surface area contributed by atoms with Crippen LogP contribution in [-0.2, 0) is 4.79 Å². The highest BCUT2D eigenvalue weighted by Gasteiger charge is 2.30. The van der Waals surface area contributed by atoms with E-state index in [2.05, 4.69) is 18.7 Å². The highest BCUT2D eigenvalue weighted by Crippen LogP contribution is 2.24. The molecule has 1 aliphatic rings. The summed E-state index contributed by atoms with van der Waals surface area (Å²) in [6.45, 7) is 7.98. The number of nitrogens with two attached hydrogens (primary N) is 1. The zero-order valence-electron chi connectivity index (χ0n) is 10.2. The smallest absolute Gasteiger partial charge is 0.223 e. The quantitative estimate of drug-likeness (QED) is 0.769. The van der Waals surface area contributed by atoms with Crippen molar-refractivity contribution in [2.24, 2.45) is 17.6 Å². The minimum atomic E-state index is 0.296. The molecule has 3 heteroatoms. The van der Waals surface area contributed by atoms with Crippen molar-refractivity contribution in [3.05, 3.63) is 0 Å². The van der Waals surface area contributed by atoms with E-state index in [1.54, 1.807) is 0 Å². The summed E-state index contributed by atoms with van der Waals surface area (Å²) in [5.41, 5.74) is 5.54. The summed E-state index contributed by atoms with van der Waals surface area (Å²) < 4.78 is 0. The minimum absolute atomic E-state index is 0.296. The molecular formula is C12H24N2O. The molecular weight excluding hydrogens is 188 g/mol. The molecule has 1 rings (SSSR count). The molecule has 15 heavy (non-hydrogen) atoms. The standard InChI is InChI=1S/C12H24N2O/c1-9(2)11-5-4-6-14(11)12(15)7-10(3)8-13/h9-11H,4-8,13H2,1-3H3. The Morgan fingerprint density at radius 3 is 2.67 bits per heavy atom. The van der Waals surface area contributed by atoms with Gasteiger partial charge in [-0.05, 0) is 31.2 Å². The summed E-state index contributed by atoms with van der Waals surface area (Å²) in [4.78, 5) is 14.1. The van der Waals surface area contributed by atoms with Crippen LogP contribution in [0.25, 0.3) is 0 Å². The lowest BCUT2D eigenvalue weighted by atomic mass is 10.0. The molecule has 0 bridgehead atoms. The van der Waals surface area contributed by atoms with Crippen molar-refractivity contribution in [2.45, 2.75) is 46.1 Å². The van der Waals surface area contributed by atoms with Crippen LogP contribution in [-0.4, -0.2) is 29.9 Å². The molecule has 1 aliphatic heterocycles. The van der Waals surface area contributed by atoms with E-state index >= 15 is 0 Å². The van der Waals surface area contributed by atoms with E-state index in [-0.39, 0.29) is 0 Å². The number of nitrogens with zero attached hydrogens (tertiary/aromatic N) is 1. The summed E-state index contributed by atoms with van der Waals surface area (Å²) in [6.07, 6.45) is 2.94. The van der Waals surface area contributed by atoms with Gasteiger partial charge in [0, 0.05) is 19.0 Å². The van der Waals surface area contributed by atoms with Gasteiger partial charge in [0.05, 0.1) is 0 Å². The number of carbonyl (C=O) groups is 1. The normalized spacial score (nSPS) is 23.5. The third-order valence-electron chi connectivity index (χ3n) is 3.31. The lowest BCUT2D eigenvalue weighted by Crippen LogP contribution is -2.39. The van der Waals surface area contributed by atoms with Crippen molar-refractivity contribution in [2.75, 3.05) is 13.1 Å². The van der Waals surface area contributed by atoms with E-state index in [4.69, 9.17) is 5.73 Å². The lowest BCUT2D eigenvalue weighted by Gasteiger charge is -2.28. The number of hydrogen-bond acceptors (Lipinski definition) is 2. The molecule has 0 spiro atoms. The van der Waals surface area contributed by atoms with Crippen molar-refractivity contribution >= 4 is 5.91 Å². The van der Waals surface area contributed by atoms with Crippen LogP contribution in [0, 0.1) is 11.8 Å². The first-order chi connectivity index (χ1) is 7.06. The van der Waals surface area contributed by atoms with Crippen LogP contribution >= 0.6 is 0 Å². The van der Waals surface area contributed by atoms with Crippen LogP contribution in [0.15, 0.2) is 0 Å². The number of likely N-dealkylation sites (tertiary alicyclic amines) is 1. The van der Waals surface area contributed by atoms with E-state index in [1.807, 2.05) is 6.92 Å².